The minimum Gasteiger partial charge on any atom is -0.415 e. The summed E-state index contributed by atoms with van der Waals surface area (Å²) in [6.45, 7) is 5.57. The van der Waals surface area contributed by atoms with Crippen LogP contribution in [-0.4, -0.2) is 53.6 Å². The fraction of sp³-hybridized carbons (Fsp3) is 0.250. The van der Waals surface area contributed by atoms with Crippen LogP contribution in [-0.2, 0) is 10.0 Å². The van der Waals surface area contributed by atoms with Crippen molar-refractivity contribution in [2.75, 3.05) is 24.5 Å². The zero-order valence-corrected chi connectivity index (χ0v) is 19.3. The predicted molar refractivity (Wildman–Crippen MR) is 126 cm³/mol. The molecule has 9 heteroatoms. The Morgan fingerprint density at radius 2 is 1.79 bits per heavy atom. The Balaban J connectivity index is 1.33. The number of aryl methyl sites for hydroxylation is 1. The molecule has 1 saturated heterocycles. The molecule has 1 aliphatic heterocycles. The van der Waals surface area contributed by atoms with E-state index >= 15 is 0 Å². The van der Waals surface area contributed by atoms with Gasteiger partial charge in [-0.2, -0.15) is 4.31 Å². The summed E-state index contributed by atoms with van der Waals surface area (Å²) < 4.78 is 33.9. The number of benzene rings is 2. The van der Waals surface area contributed by atoms with E-state index in [-0.39, 0.29) is 16.8 Å². The molecule has 0 radical (unpaired) electrons. The lowest BCUT2D eigenvalue weighted by atomic mass is 10.1. The number of aromatic nitrogens is 3. The van der Waals surface area contributed by atoms with Crippen LogP contribution in [0.4, 0.5) is 5.69 Å². The molecule has 3 heterocycles. The summed E-state index contributed by atoms with van der Waals surface area (Å²) in [5, 5.41) is 8.15. The molecule has 1 N–H and O–H groups in total. The molecule has 1 aliphatic rings. The zero-order chi connectivity index (χ0) is 23.0. The largest absolute Gasteiger partial charge is 0.415 e. The number of rotatable bonds is 5. The SMILES string of the molecule is Cc1cccc(N2CCN(S(=O)(=O)c3c[nH]c(-c4nnc(-c5ccccc5)o4)c3)C[C@H]2C)c1. The third-order valence-corrected chi connectivity index (χ3v) is 7.74. The van der Waals surface area contributed by atoms with Crippen LogP contribution in [0.2, 0.25) is 0 Å². The fourth-order valence-corrected chi connectivity index (χ4v) is 5.66. The normalized spacial score (nSPS) is 17.4. The predicted octanol–water partition coefficient (Wildman–Crippen LogP) is 3.94. The van der Waals surface area contributed by atoms with Gasteiger partial charge in [-0.15, -0.1) is 10.2 Å². The van der Waals surface area contributed by atoms with E-state index in [9.17, 15) is 8.42 Å². The smallest absolute Gasteiger partial charge is 0.264 e. The average Bonchev–Trinajstić information content (AvgIpc) is 3.50. The monoisotopic (exact) mass is 463 g/mol. The van der Waals surface area contributed by atoms with Crippen molar-refractivity contribution in [2.45, 2.75) is 24.8 Å². The number of aromatic amines is 1. The van der Waals surface area contributed by atoms with Gasteiger partial charge in [-0.1, -0.05) is 30.3 Å². The highest BCUT2D eigenvalue weighted by atomic mass is 32.2. The molecule has 8 nitrogen and oxygen atoms in total. The van der Waals surface area contributed by atoms with Gasteiger partial charge in [0.05, 0.1) is 0 Å². The average molecular weight is 464 g/mol. The molecule has 2 aromatic heterocycles. The summed E-state index contributed by atoms with van der Waals surface area (Å²) in [5.41, 5.74) is 3.57. The Labute approximate surface area is 192 Å². The molecule has 0 aliphatic carbocycles. The van der Waals surface area contributed by atoms with Crippen LogP contribution in [0, 0.1) is 6.92 Å². The Morgan fingerprint density at radius 3 is 2.55 bits per heavy atom. The zero-order valence-electron chi connectivity index (χ0n) is 18.5. The number of nitrogens with zero attached hydrogens (tertiary/aromatic N) is 4. The molecule has 4 aromatic rings. The van der Waals surface area contributed by atoms with Gasteiger partial charge in [0.2, 0.25) is 15.9 Å². The highest BCUT2D eigenvalue weighted by Gasteiger charge is 2.33. The maximum Gasteiger partial charge on any atom is 0.264 e. The second-order valence-electron chi connectivity index (χ2n) is 8.27. The Hall–Kier alpha value is -3.43. The number of hydrogen-bond donors (Lipinski definition) is 1. The molecule has 33 heavy (non-hydrogen) atoms. The summed E-state index contributed by atoms with van der Waals surface area (Å²) >= 11 is 0. The first-order chi connectivity index (χ1) is 15.9. The fourth-order valence-electron chi connectivity index (χ4n) is 4.16. The van der Waals surface area contributed by atoms with Crippen LogP contribution in [0.1, 0.15) is 12.5 Å². The van der Waals surface area contributed by atoms with Gasteiger partial charge < -0.3 is 14.3 Å². The standard InChI is InChI=1S/C24H25N5O3S/c1-17-7-6-10-20(13-17)29-12-11-28(16-18(29)2)33(30,31)21-14-22(25-15-21)24-27-26-23(32-24)19-8-4-3-5-9-19/h3-10,13-15,18,25H,11-12,16H2,1-2H3/t18-/m1/s1. The van der Waals surface area contributed by atoms with Gasteiger partial charge in [0.25, 0.3) is 5.89 Å². The number of piperazine rings is 1. The van der Waals surface area contributed by atoms with E-state index in [1.54, 1.807) is 10.4 Å². The maximum atomic E-state index is 13.3. The van der Waals surface area contributed by atoms with Gasteiger partial charge in [-0.3, -0.25) is 0 Å². The van der Waals surface area contributed by atoms with E-state index in [1.165, 1.54) is 11.8 Å². The van der Waals surface area contributed by atoms with Crippen molar-refractivity contribution < 1.29 is 12.8 Å². The molecule has 170 valence electrons. The van der Waals surface area contributed by atoms with Crippen molar-refractivity contribution in [3.8, 4) is 23.0 Å². The summed E-state index contributed by atoms with van der Waals surface area (Å²) in [6, 6.07) is 19.3. The molecular weight excluding hydrogens is 438 g/mol. The molecule has 1 atom stereocenters. The summed E-state index contributed by atoms with van der Waals surface area (Å²) in [5.74, 6) is 0.624. The van der Waals surface area contributed by atoms with Gasteiger partial charge >= 0.3 is 0 Å². The Morgan fingerprint density at radius 1 is 1.00 bits per heavy atom. The summed E-state index contributed by atoms with van der Waals surface area (Å²) in [7, 11) is -3.66. The molecule has 5 rings (SSSR count). The van der Waals surface area contributed by atoms with Crippen molar-refractivity contribution in [3.05, 3.63) is 72.4 Å². The van der Waals surface area contributed by atoms with Gasteiger partial charge in [-0.25, -0.2) is 8.42 Å². The van der Waals surface area contributed by atoms with E-state index in [1.807, 2.05) is 36.4 Å². The minimum atomic E-state index is -3.66. The van der Waals surface area contributed by atoms with E-state index < -0.39 is 10.0 Å². The lowest BCUT2D eigenvalue weighted by Crippen LogP contribution is -2.53. The first-order valence-corrected chi connectivity index (χ1v) is 12.3. The van der Waals surface area contributed by atoms with Gasteiger partial charge in [0, 0.05) is 43.1 Å². The summed E-state index contributed by atoms with van der Waals surface area (Å²) in [4.78, 5) is 5.41. The number of sulfonamides is 1. The number of nitrogens with one attached hydrogen (secondary N) is 1. The van der Waals surface area contributed by atoms with Crippen molar-refractivity contribution in [3.63, 3.8) is 0 Å². The van der Waals surface area contributed by atoms with Gasteiger partial charge in [0.15, 0.2) is 0 Å². The minimum absolute atomic E-state index is 0.0538. The lowest BCUT2D eigenvalue weighted by Gasteiger charge is -2.40. The van der Waals surface area contributed by atoms with E-state index in [0.717, 1.165) is 11.3 Å². The topological polar surface area (TPSA) is 95.3 Å². The maximum absolute atomic E-state index is 13.3. The molecule has 0 spiro atoms. The van der Waals surface area contributed by atoms with Crippen molar-refractivity contribution in [2.24, 2.45) is 0 Å². The van der Waals surface area contributed by atoms with Gasteiger partial charge in [0.1, 0.15) is 10.6 Å². The molecule has 0 amide bonds. The van der Waals surface area contributed by atoms with Crippen LogP contribution in [0.15, 0.2) is 76.2 Å². The van der Waals surface area contributed by atoms with Crippen LogP contribution < -0.4 is 4.90 Å². The quantitative estimate of drug-likeness (QED) is 0.482. The highest BCUT2D eigenvalue weighted by Crippen LogP contribution is 2.28. The van der Waals surface area contributed by atoms with Crippen molar-refractivity contribution >= 4 is 15.7 Å². The Bertz CT molecular complexity index is 1360. The second-order valence-corrected chi connectivity index (χ2v) is 10.2. The first kappa shape index (κ1) is 21.4. The van der Waals surface area contributed by atoms with Crippen LogP contribution in [0.25, 0.3) is 23.0 Å². The second kappa shape index (κ2) is 8.49. The molecular formula is C24H25N5O3S. The van der Waals surface area contributed by atoms with Gasteiger partial charge in [-0.05, 0) is 49.7 Å². The molecule has 2 aromatic carbocycles. The van der Waals surface area contributed by atoms with Crippen LogP contribution >= 0.6 is 0 Å². The number of hydrogen-bond acceptors (Lipinski definition) is 6. The molecule has 0 bridgehead atoms. The summed E-state index contributed by atoms with van der Waals surface area (Å²) in [6.07, 6.45) is 1.48. The molecule has 0 saturated carbocycles. The van der Waals surface area contributed by atoms with E-state index in [2.05, 4.69) is 52.1 Å². The number of H-pyrrole nitrogens is 1. The van der Waals surface area contributed by atoms with Crippen LogP contribution in [0.3, 0.4) is 0 Å². The molecule has 1 fully saturated rings. The van der Waals surface area contributed by atoms with Crippen LogP contribution in [0.5, 0.6) is 0 Å². The number of anilines is 1. The highest BCUT2D eigenvalue weighted by molar-refractivity contribution is 7.89. The lowest BCUT2D eigenvalue weighted by molar-refractivity contribution is 0.342. The van der Waals surface area contributed by atoms with E-state index in [4.69, 9.17) is 4.42 Å². The van der Waals surface area contributed by atoms with E-state index in [0.29, 0.717) is 31.2 Å². The van der Waals surface area contributed by atoms with Crippen molar-refractivity contribution in [1.82, 2.24) is 19.5 Å². The van der Waals surface area contributed by atoms with Crippen molar-refractivity contribution in [1.29, 1.82) is 0 Å². The molecule has 0 unspecified atom stereocenters. The third-order valence-electron chi connectivity index (χ3n) is 5.89. The third kappa shape index (κ3) is 4.17. The Kier molecular flexibility index (Phi) is 5.51. The first-order valence-electron chi connectivity index (χ1n) is 10.8.